The lowest BCUT2D eigenvalue weighted by atomic mass is 10.5. The van der Waals surface area contributed by atoms with E-state index in [4.69, 9.17) is 4.43 Å². The van der Waals surface area contributed by atoms with Crippen molar-refractivity contribution in [2.75, 3.05) is 0 Å². The Kier molecular flexibility index (Phi) is 5.71. The summed E-state index contributed by atoms with van der Waals surface area (Å²) >= 11 is 0. The highest BCUT2D eigenvalue weighted by molar-refractivity contribution is 6.75. The van der Waals surface area contributed by atoms with Gasteiger partial charge in [-0.05, 0) is 25.1 Å². The topological polar surface area (TPSA) is 26.3 Å². The number of allylic oxidation sites excluding steroid dienone is 1. The lowest BCUT2D eigenvalue weighted by Crippen LogP contribution is -2.37. The minimum Gasteiger partial charge on any atom is -0.516 e. The Bertz CT molecular complexity index is 175. The third-order valence-electron chi connectivity index (χ3n) is 2.55. The standard InChI is InChI=1S/C10H20O2Si/c1-5-9-10(11)12-13(6-2,7-3)8-4/h5,9H,6-8H2,1-4H3. The molecule has 0 N–H and O–H groups in total. The highest BCUT2D eigenvalue weighted by Gasteiger charge is 2.31. The Morgan fingerprint density at radius 2 is 1.69 bits per heavy atom. The van der Waals surface area contributed by atoms with Crippen LogP contribution in [0, 0.1) is 0 Å². The van der Waals surface area contributed by atoms with Gasteiger partial charge in [0.25, 0.3) is 8.32 Å². The molecule has 0 aromatic rings. The Morgan fingerprint density at radius 1 is 1.23 bits per heavy atom. The summed E-state index contributed by atoms with van der Waals surface area (Å²) in [5, 5.41) is 0. The van der Waals surface area contributed by atoms with E-state index in [1.54, 1.807) is 6.08 Å². The monoisotopic (exact) mass is 200 g/mol. The summed E-state index contributed by atoms with van der Waals surface area (Å²) in [5.41, 5.74) is 0. The fraction of sp³-hybridized carbons (Fsp3) is 0.700. The van der Waals surface area contributed by atoms with Gasteiger partial charge in [-0.3, -0.25) is 0 Å². The summed E-state index contributed by atoms with van der Waals surface area (Å²) in [4.78, 5) is 11.3. The number of hydrogen-bond donors (Lipinski definition) is 0. The number of carbonyl (C=O) groups excluding carboxylic acids is 1. The van der Waals surface area contributed by atoms with Crippen LogP contribution in [-0.4, -0.2) is 14.3 Å². The molecule has 0 atom stereocenters. The maximum Gasteiger partial charge on any atom is 0.317 e. The van der Waals surface area contributed by atoms with Crippen LogP contribution < -0.4 is 0 Å². The van der Waals surface area contributed by atoms with Gasteiger partial charge in [0.2, 0.25) is 0 Å². The van der Waals surface area contributed by atoms with E-state index in [0.717, 1.165) is 18.1 Å². The largest absolute Gasteiger partial charge is 0.516 e. The Hall–Kier alpha value is -0.573. The molecular formula is C10H20O2Si. The van der Waals surface area contributed by atoms with Crippen molar-refractivity contribution < 1.29 is 9.22 Å². The summed E-state index contributed by atoms with van der Waals surface area (Å²) in [6.45, 7) is 8.17. The zero-order valence-corrected chi connectivity index (χ0v) is 10.1. The number of hydrogen-bond acceptors (Lipinski definition) is 2. The van der Waals surface area contributed by atoms with Crippen LogP contribution in [0.2, 0.25) is 18.1 Å². The molecule has 3 heteroatoms. The normalized spacial score (nSPS) is 12.0. The first-order valence-electron chi connectivity index (χ1n) is 4.99. The zero-order chi connectivity index (χ0) is 10.3. The van der Waals surface area contributed by atoms with Crippen molar-refractivity contribution in [3.8, 4) is 0 Å². The summed E-state index contributed by atoms with van der Waals surface area (Å²) < 4.78 is 5.54. The minimum atomic E-state index is -1.72. The Balaban J connectivity index is 4.32. The van der Waals surface area contributed by atoms with Crippen LogP contribution in [0.5, 0.6) is 0 Å². The molecule has 0 aromatic carbocycles. The molecule has 0 fully saturated rings. The maximum atomic E-state index is 11.3. The van der Waals surface area contributed by atoms with E-state index < -0.39 is 8.32 Å². The molecule has 0 saturated carbocycles. The third kappa shape index (κ3) is 3.76. The first-order chi connectivity index (χ1) is 6.14. The lowest BCUT2D eigenvalue weighted by molar-refractivity contribution is -0.129. The molecule has 0 amide bonds. The molecule has 0 radical (unpaired) electrons. The first-order valence-corrected chi connectivity index (χ1v) is 7.52. The van der Waals surface area contributed by atoms with Crippen molar-refractivity contribution >= 4 is 14.3 Å². The Labute approximate surface area is 82.1 Å². The summed E-state index contributed by atoms with van der Waals surface area (Å²) in [5.74, 6) is -0.167. The van der Waals surface area contributed by atoms with Gasteiger partial charge in [-0.25, -0.2) is 4.79 Å². The molecule has 0 spiro atoms. The van der Waals surface area contributed by atoms with E-state index in [1.165, 1.54) is 6.08 Å². The third-order valence-corrected chi connectivity index (χ3v) is 7.05. The average Bonchev–Trinajstić information content (AvgIpc) is 2.15. The molecule has 0 saturated heterocycles. The van der Waals surface area contributed by atoms with Gasteiger partial charge >= 0.3 is 5.97 Å². The molecule has 0 rings (SSSR count). The molecule has 0 heterocycles. The van der Waals surface area contributed by atoms with Gasteiger partial charge in [-0.1, -0.05) is 26.8 Å². The zero-order valence-electron chi connectivity index (χ0n) is 9.09. The van der Waals surface area contributed by atoms with Crippen LogP contribution in [0.1, 0.15) is 27.7 Å². The molecule has 0 aliphatic rings. The second-order valence-electron chi connectivity index (χ2n) is 3.16. The van der Waals surface area contributed by atoms with Crippen molar-refractivity contribution in [3.05, 3.63) is 12.2 Å². The summed E-state index contributed by atoms with van der Waals surface area (Å²) in [6.07, 6.45) is 3.23. The summed E-state index contributed by atoms with van der Waals surface area (Å²) in [6, 6.07) is 3.05. The van der Waals surface area contributed by atoms with Crippen LogP contribution in [0.25, 0.3) is 0 Å². The molecule has 2 nitrogen and oxygen atoms in total. The van der Waals surface area contributed by atoms with Gasteiger partial charge in [0.1, 0.15) is 0 Å². The van der Waals surface area contributed by atoms with Gasteiger partial charge in [0.05, 0.1) is 0 Å². The highest BCUT2D eigenvalue weighted by Crippen LogP contribution is 2.21. The van der Waals surface area contributed by atoms with Crippen molar-refractivity contribution in [1.29, 1.82) is 0 Å². The van der Waals surface area contributed by atoms with Crippen LogP contribution >= 0.6 is 0 Å². The predicted molar refractivity (Wildman–Crippen MR) is 58.1 cm³/mol. The molecule has 76 valence electrons. The lowest BCUT2D eigenvalue weighted by Gasteiger charge is -2.26. The minimum absolute atomic E-state index is 0.167. The second-order valence-corrected chi connectivity index (χ2v) is 7.86. The highest BCUT2D eigenvalue weighted by atomic mass is 28.4. The van der Waals surface area contributed by atoms with Crippen LogP contribution in [0.4, 0.5) is 0 Å². The van der Waals surface area contributed by atoms with Crippen LogP contribution in [0.3, 0.4) is 0 Å². The van der Waals surface area contributed by atoms with Gasteiger partial charge < -0.3 is 4.43 Å². The quantitative estimate of drug-likeness (QED) is 0.503. The smallest absolute Gasteiger partial charge is 0.317 e. The number of carbonyl (C=O) groups is 1. The first kappa shape index (κ1) is 12.4. The average molecular weight is 200 g/mol. The van der Waals surface area contributed by atoms with Crippen molar-refractivity contribution in [2.45, 2.75) is 45.8 Å². The van der Waals surface area contributed by atoms with Gasteiger partial charge in [0, 0.05) is 6.08 Å². The van der Waals surface area contributed by atoms with E-state index in [1.807, 2.05) is 6.92 Å². The van der Waals surface area contributed by atoms with Crippen molar-refractivity contribution in [2.24, 2.45) is 0 Å². The SMILES string of the molecule is CC=CC(=O)O[Si](CC)(CC)CC. The van der Waals surface area contributed by atoms with Crippen molar-refractivity contribution in [3.63, 3.8) is 0 Å². The molecule has 0 aliphatic carbocycles. The van der Waals surface area contributed by atoms with Crippen LogP contribution in [-0.2, 0) is 9.22 Å². The van der Waals surface area contributed by atoms with E-state index in [9.17, 15) is 4.79 Å². The fourth-order valence-corrected chi connectivity index (χ4v) is 3.78. The molecule has 0 aromatic heterocycles. The predicted octanol–water partition coefficient (Wildman–Crippen LogP) is 3.11. The van der Waals surface area contributed by atoms with Gasteiger partial charge in [-0.15, -0.1) is 0 Å². The van der Waals surface area contributed by atoms with Crippen LogP contribution in [0.15, 0.2) is 12.2 Å². The summed E-state index contributed by atoms with van der Waals surface area (Å²) in [7, 11) is -1.72. The van der Waals surface area contributed by atoms with Gasteiger partial charge in [0.15, 0.2) is 0 Å². The van der Waals surface area contributed by atoms with E-state index in [0.29, 0.717) is 0 Å². The fourth-order valence-electron chi connectivity index (χ4n) is 1.35. The molecular weight excluding hydrogens is 180 g/mol. The molecule has 0 unspecified atom stereocenters. The van der Waals surface area contributed by atoms with E-state index >= 15 is 0 Å². The van der Waals surface area contributed by atoms with E-state index in [-0.39, 0.29) is 5.97 Å². The molecule has 0 bridgehead atoms. The number of rotatable bonds is 5. The van der Waals surface area contributed by atoms with Gasteiger partial charge in [-0.2, -0.15) is 0 Å². The second kappa shape index (κ2) is 5.97. The maximum absolute atomic E-state index is 11.3. The Morgan fingerprint density at radius 3 is 2.00 bits per heavy atom. The van der Waals surface area contributed by atoms with Crippen molar-refractivity contribution in [1.82, 2.24) is 0 Å². The molecule has 13 heavy (non-hydrogen) atoms. The van der Waals surface area contributed by atoms with E-state index in [2.05, 4.69) is 20.8 Å². The molecule has 0 aliphatic heterocycles.